The van der Waals surface area contributed by atoms with Crippen LogP contribution in [0.1, 0.15) is 36.5 Å². The van der Waals surface area contributed by atoms with Gasteiger partial charge in [0.15, 0.2) is 0 Å². The number of likely N-dealkylation sites (tertiary alicyclic amines) is 1. The van der Waals surface area contributed by atoms with Gasteiger partial charge in [-0.2, -0.15) is 13.2 Å². The molecular weight excluding hydrogens is 395 g/mol. The van der Waals surface area contributed by atoms with E-state index in [2.05, 4.69) is 17.1 Å². The SMILES string of the molecule is C[C@@H]1CCCN(Cc2ccccc2CNC(=O)Cn2cccc(C(F)(F)F)c2=O)C1. The van der Waals surface area contributed by atoms with E-state index >= 15 is 0 Å². The number of aromatic nitrogens is 1. The maximum absolute atomic E-state index is 12.9. The Labute approximate surface area is 173 Å². The molecule has 0 radical (unpaired) electrons. The van der Waals surface area contributed by atoms with Gasteiger partial charge in [-0.25, -0.2) is 0 Å². The van der Waals surface area contributed by atoms with Gasteiger partial charge in [0.2, 0.25) is 5.91 Å². The largest absolute Gasteiger partial charge is 0.421 e. The summed E-state index contributed by atoms with van der Waals surface area (Å²) in [6, 6.07) is 9.63. The molecule has 5 nitrogen and oxygen atoms in total. The molecule has 1 aliphatic heterocycles. The molecule has 3 rings (SSSR count). The summed E-state index contributed by atoms with van der Waals surface area (Å²) in [5.41, 5.74) is -0.428. The minimum atomic E-state index is -4.75. The lowest BCUT2D eigenvalue weighted by atomic mass is 9.99. The van der Waals surface area contributed by atoms with Crippen molar-refractivity contribution in [1.29, 1.82) is 0 Å². The summed E-state index contributed by atoms with van der Waals surface area (Å²) in [7, 11) is 0. The first-order valence-electron chi connectivity index (χ1n) is 10.1. The van der Waals surface area contributed by atoms with E-state index in [1.165, 1.54) is 19.0 Å². The molecule has 1 N–H and O–H groups in total. The van der Waals surface area contributed by atoms with E-state index in [9.17, 15) is 22.8 Å². The van der Waals surface area contributed by atoms with Crippen LogP contribution in [-0.2, 0) is 30.6 Å². The number of halogens is 3. The molecule has 0 unspecified atom stereocenters. The molecule has 0 spiro atoms. The van der Waals surface area contributed by atoms with Crippen molar-refractivity contribution < 1.29 is 18.0 Å². The van der Waals surface area contributed by atoms with E-state index in [0.29, 0.717) is 12.0 Å². The Kier molecular flexibility index (Phi) is 6.97. The van der Waals surface area contributed by atoms with Crippen LogP contribution in [0.2, 0.25) is 0 Å². The maximum Gasteiger partial charge on any atom is 0.421 e. The van der Waals surface area contributed by atoms with Gasteiger partial charge in [0.1, 0.15) is 12.1 Å². The number of piperidine rings is 1. The number of carbonyl (C=O) groups excluding carboxylic acids is 1. The Morgan fingerprint density at radius 2 is 1.90 bits per heavy atom. The number of amides is 1. The van der Waals surface area contributed by atoms with Gasteiger partial charge in [-0.1, -0.05) is 31.2 Å². The lowest BCUT2D eigenvalue weighted by molar-refractivity contribution is -0.139. The molecule has 1 amide bonds. The van der Waals surface area contributed by atoms with Crippen molar-refractivity contribution in [2.24, 2.45) is 5.92 Å². The second-order valence-electron chi connectivity index (χ2n) is 7.88. The number of nitrogens with one attached hydrogen (secondary N) is 1. The fourth-order valence-corrected chi connectivity index (χ4v) is 3.84. The third-order valence-electron chi connectivity index (χ3n) is 5.37. The summed E-state index contributed by atoms with van der Waals surface area (Å²) in [4.78, 5) is 26.7. The monoisotopic (exact) mass is 421 g/mol. The zero-order valence-corrected chi connectivity index (χ0v) is 16.9. The number of alkyl halides is 3. The first kappa shape index (κ1) is 22.1. The molecule has 2 aromatic rings. The van der Waals surface area contributed by atoms with Crippen molar-refractivity contribution in [3.05, 3.63) is 69.6 Å². The van der Waals surface area contributed by atoms with Crippen molar-refractivity contribution in [2.45, 2.75) is 45.6 Å². The maximum atomic E-state index is 12.9. The van der Waals surface area contributed by atoms with Crippen molar-refractivity contribution in [1.82, 2.24) is 14.8 Å². The molecular formula is C22H26F3N3O2. The number of nitrogens with zero attached hydrogens (tertiary/aromatic N) is 2. The van der Waals surface area contributed by atoms with Crippen LogP contribution in [0.5, 0.6) is 0 Å². The Bertz CT molecular complexity index is 940. The van der Waals surface area contributed by atoms with Crippen molar-refractivity contribution in [2.75, 3.05) is 13.1 Å². The second kappa shape index (κ2) is 9.47. The van der Waals surface area contributed by atoms with Crippen LogP contribution in [0.15, 0.2) is 47.4 Å². The molecule has 1 fully saturated rings. The molecule has 2 heterocycles. The van der Waals surface area contributed by atoms with Gasteiger partial charge in [-0.15, -0.1) is 0 Å². The first-order chi connectivity index (χ1) is 14.2. The smallest absolute Gasteiger partial charge is 0.350 e. The molecule has 1 saturated heterocycles. The van der Waals surface area contributed by atoms with Crippen LogP contribution >= 0.6 is 0 Å². The van der Waals surface area contributed by atoms with E-state index in [-0.39, 0.29) is 6.54 Å². The highest BCUT2D eigenvalue weighted by Crippen LogP contribution is 2.26. The lowest BCUT2D eigenvalue weighted by Gasteiger charge is -2.31. The molecule has 0 bridgehead atoms. The minimum Gasteiger partial charge on any atom is -0.350 e. The normalized spacial score (nSPS) is 17.7. The van der Waals surface area contributed by atoms with E-state index in [1.54, 1.807) is 0 Å². The van der Waals surface area contributed by atoms with E-state index in [4.69, 9.17) is 0 Å². The minimum absolute atomic E-state index is 0.256. The van der Waals surface area contributed by atoms with Crippen LogP contribution in [-0.4, -0.2) is 28.5 Å². The quantitative estimate of drug-likeness (QED) is 0.778. The Morgan fingerprint density at radius 1 is 1.17 bits per heavy atom. The summed E-state index contributed by atoms with van der Waals surface area (Å²) in [6.07, 6.45) is -1.15. The Balaban J connectivity index is 1.63. The first-order valence-corrected chi connectivity index (χ1v) is 10.1. The highest BCUT2D eigenvalue weighted by Gasteiger charge is 2.34. The van der Waals surface area contributed by atoms with Gasteiger partial charge in [-0.3, -0.25) is 14.5 Å². The predicted molar refractivity (Wildman–Crippen MR) is 108 cm³/mol. The molecule has 8 heteroatoms. The second-order valence-corrected chi connectivity index (χ2v) is 7.88. The van der Waals surface area contributed by atoms with Crippen molar-refractivity contribution >= 4 is 5.91 Å². The number of pyridine rings is 1. The molecule has 0 saturated carbocycles. The molecule has 162 valence electrons. The van der Waals surface area contributed by atoms with Gasteiger partial charge >= 0.3 is 6.18 Å². The molecule has 0 aliphatic carbocycles. The van der Waals surface area contributed by atoms with Gasteiger partial charge in [0, 0.05) is 25.8 Å². The number of hydrogen-bond acceptors (Lipinski definition) is 3. The molecule has 30 heavy (non-hydrogen) atoms. The van der Waals surface area contributed by atoms with Crippen molar-refractivity contribution in [3.8, 4) is 0 Å². The van der Waals surface area contributed by atoms with Gasteiger partial charge in [0.25, 0.3) is 5.56 Å². The zero-order valence-electron chi connectivity index (χ0n) is 16.9. The summed E-state index contributed by atoms with van der Waals surface area (Å²) in [5, 5.41) is 2.72. The van der Waals surface area contributed by atoms with Gasteiger partial charge in [-0.05, 0) is 48.6 Å². The topological polar surface area (TPSA) is 54.3 Å². The van der Waals surface area contributed by atoms with E-state index in [0.717, 1.165) is 41.4 Å². The average molecular weight is 421 g/mol. The molecule has 1 aromatic heterocycles. The van der Waals surface area contributed by atoms with Gasteiger partial charge < -0.3 is 9.88 Å². The standard InChI is InChI=1S/C22H26F3N3O2/c1-16-6-4-10-27(13-16)14-18-8-3-2-7-17(18)12-26-20(29)15-28-11-5-9-19(21(28)30)22(23,24)25/h2-3,5,7-9,11,16H,4,6,10,12-15H2,1H3,(H,26,29)/t16-/m1/s1. The number of benzene rings is 1. The number of hydrogen-bond donors (Lipinski definition) is 1. The third kappa shape index (κ3) is 5.72. The summed E-state index contributed by atoms with van der Waals surface area (Å²) >= 11 is 0. The highest BCUT2D eigenvalue weighted by atomic mass is 19.4. The summed E-state index contributed by atoms with van der Waals surface area (Å²) in [5.74, 6) is 0.147. The van der Waals surface area contributed by atoms with Crippen LogP contribution in [0.3, 0.4) is 0 Å². The fourth-order valence-electron chi connectivity index (χ4n) is 3.84. The van der Waals surface area contributed by atoms with E-state index < -0.39 is 29.8 Å². The van der Waals surface area contributed by atoms with Crippen LogP contribution in [0.4, 0.5) is 13.2 Å². The van der Waals surface area contributed by atoms with Crippen molar-refractivity contribution in [3.63, 3.8) is 0 Å². The molecule has 1 aromatic carbocycles. The summed E-state index contributed by atoms with van der Waals surface area (Å²) < 4.78 is 39.4. The van der Waals surface area contributed by atoms with Crippen LogP contribution in [0, 0.1) is 5.92 Å². The molecule has 1 aliphatic rings. The van der Waals surface area contributed by atoms with E-state index in [1.807, 2.05) is 24.3 Å². The Hall–Kier alpha value is -2.61. The predicted octanol–water partition coefficient (Wildman–Crippen LogP) is 3.42. The average Bonchev–Trinajstić information content (AvgIpc) is 2.68. The van der Waals surface area contributed by atoms with Crippen LogP contribution < -0.4 is 10.9 Å². The summed E-state index contributed by atoms with van der Waals surface area (Å²) in [6.45, 7) is 4.92. The fraction of sp³-hybridized carbons (Fsp3) is 0.455. The Morgan fingerprint density at radius 3 is 2.60 bits per heavy atom. The third-order valence-corrected chi connectivity index (χ3v) is 5.37. The number of carbonyl (C=O) groups is 1. The molecule has 1 atom stereocenters. The van der Waals surface area contributed by atoms with Crippen LogP contribution in [0.25, 0.3) is 0 Å². The highest BCUT2D eigenvalue weighted by molar-refractivity contribution is 5.75. The van der Waals surface area contributed by atoms with Gasteiger partial charge in [0.05, 0.1) is 0 Å². The lowest BCUT2D eigenvalue weighted by Crippen LogP contribution is -2.35. The zero-order chi connectivity index (χ0) is 21.7. The number of rotatable bonds is 6.